The van der Waals surface area contributed by atoms with Crippen molar-refractivity contribution in [1.29, 1.82) is 0 Å². The highest BCUT2D eigenvalue weighted by atomic mass is 19.1. The van der Waals surface area contributed by atoms with Gasteiger partial charge in [0.25, 0.3) is 5.91 Å². The third-order valence-electron chi connectivity index (χ3n) is 4.26. The molecule has 1 amide bonds. The van der Waals surface area contributed by atoms with Crippen LogP contribution in [0.2, 0.25) is 0 Å². The molecule has 7 heteroatoms. The maximum absolute atomic E-state index is 13.9. The lowest BCUT2D eigenvalue weighted by Gasteiger charge is -2.18. The van der Waals surface area contributed by atoms with Gasteiger partial charge < -0.3 is 24.4 Å². The van der Waals surface area contributed by atoms with E-state index in [2.05, 4.69) is 5.32 Å². The topological polar surface area (TPSA) is 61.2 Å². The molecule has 146 valence electrons. The van der Waals surface area contributed by atoms with E-state index in [-0.39, 0.29) is 18.2 Å². The van der Waals surface area contributed by atoms with Crippen molar-refractivity contribution in [1.82, 2.24) is 0 Å². The molecule has 0 aliphatic heterocycles. The largest absolute Gasteiger partial charge is 0.497 e. The van der Waals surface area contributed by atoms with Crippen molar-refractivity contribution >= 4 is 11.6 Å². The van der Waals surface area contributed by atoms with Gasteiger partial charge in [0.05, 0.1) is 33.6 Å². The molecule has 27 heavy (non-hydrogen) atoms. The number of rotatable bonds is 9. The van der Waals surface area contributed by atoms with Gasteiger partial charge in [-0.3, -0.25) is 4.79 Å². The number of methoxy groups -OCH3 is 3. The van der Waals surface area contributed by atoms with Crippen molar-refractivity contribution < 1.29 is 28.3 Å². The van der Waals surface area contributed by atoms with E-state index in [4.69, 9.17) is 14.2 Å². The van der Waals surface area contributed by atoms with Gasteiger partial charge in [-0.2, -0.15) is 0 Å². The van der Waals surface area contributed by atoms with Crippen LogP contribution < -0.4 is 24.4 Å². The standard InChI is InChI=1S/C20H25FN2O4/c1-5-23(12-14-6-9-18(26-3)16(21)10-14)13-20(24)22-17-8-7-15(25-2)11-19(17)27-4/h6-11H,5,12-13H2,1-4H3,(H,22,24)/p+1. The van der Waals surface area contributed by atoms with Crippen LogP contribution >= 0.6 is 0 Å². The van der Waals surface area contributed by atoms with E-state index < -0.39 is 5.82 Å². The van der Waals surface area contributed by atoms with Crippen LogP contribution in [0.15, 0.2) is 36.4 Å². The second-order valence-electron chi connectivity index (χ2n) is 6.04. The van der Waals surface area contributed by atoms with Crippen LogP contribution in [0, 0.1) is 5.82 Å². The van der Waals surface area contributed by atoms with Gasteiger partial charge in [-0.25, -0.2) is 4.39 Å². The lowest BCUT2D eigenvalue weighted by molar-refractivity contribution is -0.903. The summed E-state index contributed by atoms with van der Waals surface area (Å²) in [5.74, 6) is 0.827. The van der Waals surface area contributed by atoms with Crippen molar-refractivity contribution in [3.05, 3.63) is 47.8 Å². The number of carbonyl (C=O) groups excluding carboxylic acids is 1. The summed E-state index contributed by atoms with van der Waals surface area (Å²) in [6, 6.07) is 10.0. The Morgan fingerprint density at radius 1 is 1.04 bits per heavy atom. The van der Waals surface area contributed by atoms with Crippen LogP contribution in [0.4, 0.5) is 10.1 Å². The van der Waals surface area contributed by atoms with E-state index in [1.807, 2.05) is 13.0 Å². The van der Waals surface area contributed by atoms with Crippen molar-refractivity contribution in [3.63, 3.8) is 0 Å². The number of halogens is 1. The predicted molar refractivity (Wildman–Crippen MR) is 101 cm³/mol. The quantitative estimate of drug-likeness (QED) is 0.701. The Morgan fingerprint density at radius 2 is 1.78 bits per heavy atom. The summed E-state index contributed by atoms with van der Waals surface area (Å²) in [6.45, 7) is 3.49. The number of likely N-dealkylation sites (N-methyl/N-ethyl adjacent to an activating group) is 1. The van der Waals surface area contributed by atoms with E-state index in [0.717, 1.165) is 17.0 Å². The number of hydrogen-bond acceptors (Lipinski definition) is 4. The Kier molecular flexibility index (Phi) is 7.43. The maximum Gasteiger partial charge on any atom is 0.279 e. The lowest BCUT2D eigenvalue weighted by atomic mass is 10.2. The summed E-state index contributed by atoms with van der Waals surface area (Å²) in [7, 11) is 4.53. The fourth-order valence-corrected chi connectivity index (χ4v) is 2.74. The number of nitrogens with one attached hydrogen (secondary N) is 2. The molecule has 0 aliphatic carbocycles. The monoisotopic (exact) mass is 377 g/mol. The second-order valence-corrected chi connectivity index (χ2v) is 6.04. The van der Waals surface area contributed by atoms with Crippen LogP contribution in [-0.4, -0.2) is 40.3 Å². The molecule has 2 rings (SSSR count). The zero-order valence-electron chi connectivity index (χ0n) is 16.1. The molecule has 0 spiro atoms. The fraction of sp³-hybridized carbons (Fsp3) is 0.350. The molecule has 2 aromatic rings. The van der Waals surface area contributed by atoms with Crippen LogP contribution in [0.1, 0.15) is 12.5 Å². The maximum atomic E-state index is 13.9. The molecule has 0 aromatic heterocycles. The van der Waals surface area contributed by atoms with Crippen molar-refractivity contribution in [2.75, 3.05) is 39.7 Å². The Labute approximate surface area is 158 Å². The molecule has 0 saturated carbocycles. The summed E-state index contributed by atoms with van der Waals surface area (Å²) in [5, 5.41) is 2.86. The average Bonchev–Trinajstić information content (AvgIpc) is 2.67. The minimum absolute atomic E-state index is 0.149. The van der Waals surface area contributed by atoms with Gasteiger partial charge in [0.2, 0.25) is 0 Å². The summed E-state index contributed by atoms with van der Waals surface area (Å²) in [6.07, 6.45) is 0. The van der Waals surface area contributed by atoms with Crippen molar-refractivity contribution in [2.24, 2.45) is 0 Å². The number of anilines is 1. The Morgan fingerprint density at radius 3 is 2.37 bits per heavy atom. The molecule has 0 bridgehead atoms. The summed E-state index contributed by atoms with van der Waals surface area (Å²) < 4.78 is 29.2. The van der Waals surface area contributed by atoms with E-state index in [9.17, 15) is 9.18 Å². The summed E-state index contributed by atoms with van der Waals surface area (Å²) >= 11 is 0. The smallest absolute Gasteiger partial charge is 0.279 e. The van der Waals surface area contributed by atoms with Gasteiger partial charge >= 0.3 is 0 Å². The Balaban J connectivity index is 2.01. The normalized spacial score (nSPS) is 11.6. The molecule has 2 aromatic carbocycles. The van der Waals surface area contributed by atoms with Gasteiger partial charge in [-0.15, -0.1) is 0 Å². The summed E-state index contributed by atoms with van der Waals surface area (Å²) in [5.41, 5.74) is 1.38. The first-order valence-corrected chi connectivity index (χ1v) is 8.68. The molecular weight excluding hydrogens is 351 g/mol. The van der Waals surface area contributed by atoms with Gasteiger partial charge in [-0.1, -0.05) is 0 Å². The van der Waals surface area contributed by atoms with Crippen molar-refractivity contribution in [3.8, 4) is 17.2 Å². The van der Waals surface area contributed by atoms with Gasteiger partial charge in [0.1, 0.15) is 18.0 Å². The molecule has 1 atom stereocenters. The van der Waals surface area contributed by atoms with E-state index in [1.54, 1.807) is 31.4 Å². The summed E-state index contributed by atoms with van der Waals surface area (Å²) in [4.78, 5) is 13.5. The van der Waals surface area contributed by atoms with Gasteiger partial charge in [-0.05, 0) is 37.3 Å². The van der Waals surface area contributed by atoms with Crippen LogP contribution in [0.5, 0.6) is 17.2 Å². The van der Waals surface area contributed by atoms with Gasteiger partial charge in [0.15, 0.2) is 18.1 Å². The number of ether oxygens (including phenoxy) is 3. The number of carbonyl (C=O) groups is 1. The molecular formula is C20H26FN2O4+. The van der Waals surface area contributed by atoms with Crippen molar-refractivity contribution in [2.45, 2.75) is 13.5 Å². The minimum atomic E-state index is -0.405. The van der Waals surface area contributed by atoms with E-state index in [0.29, 0.717) is 23.7 Å². The number of hydrogen-bond donors (Lipinski definition) is 2. The number of quaternary nitrogens is 1. The molecule has 0 heterocycles. The number of benzene rings is 2. The average molecular weight is 377 g/mol. The Hall–Kier alpha value is -2.80. The highest BCUT2D eigenvalue weighted by molar-refractivity contribution is 5.93. The van der Waals surface area contributed by atoms with Crippen LogP contribution in [0.25, 0.3) is 0 Å². The first-order chi connectivity index (χ1) is 13.0. The third kappa shape index (κ3) is 5.59. The number of amides is 1. The van der Waals surface area contributed by atoms with Gasteiger partial charge in [0, 0.05) is 11.6 Å². The lowest BCUT2D eigenvalue weighted by Crippen LogP contribution is -3.11. The molecule has 0 fully saturated rings. The first-order valence-electron chi connectivity index (χ1n) is 8.68. The van der Waals surface area contributed by atoms with E-state index >= 15 is 0 Å². The highest BCUT2D eigenvalue weighted by Crippen LogP contribution is 2.28. The molecule has 0 saturated heterocycles. The molecule has 0 aliphatic rings. The first kappa shape index (κ1) is 20.5. The third-order valence-corrected chi connectivity index (χ3v) is 4.26. The van der Waals surface area contributed by atoms with E-state index in [1.165, 1.54) is 20.3 Å². The second kappa shape index (κ2) is 9.78. The molecule has 2 N–H and O–H groups in total. The predicted octanol–water partition coefficient (Wildman–Crippen LogP) is 1.90. The molecule has 0 radical (unpaired) electrons. The fourth-order valence-electron chi connectivity index (χ4n) is 2.74. The zero-order chi connectivity index (χ0) is 19.8. The highest BCUT2D eigenvalue weighted by Gasteiger charge is 2.16. The van der Waals surface area contributed by atoms with Crippen LogP contribution in [0.3, 0.4) is 0 Å². The minimum Gasteiger partial charge on any atom is -0.497 e. The molecule has 6 nitrogen and oxygen atoms in total. The Bertz CT molecular complexity index is 783. The van der Waals surface area contributed by atoms with Crippen LogP contribution in [-0.2, 0) is 11.3 Å². The zero-order valence-corrected chi connectivity index (χ0v) is 16.1. The SMILES string of the molecule is CC[NH+](CC(=O)Nc1ccc(OC)cc1OC)Cc1ccc(OC)c(F)c1. The molecule has 1 unspecified atom stereocenters.